The molecule has 4 rings (SSSR count). The van der Waals surface area contributed by atoms with E-state index in [-0.39, 0.29) is 12.3 Å². The Morgan fingerprint density at radius 3 is 2.39 bits per heavy atom. The van der Waals surface area contributed by atoms with E-state index >= 15 is 0 Å². The summed E-state index contributed by atoms with van der Waals surface area (Å²) in [6, 6.07) is 8.42. The normalized spacial score (nSPS) is 14.8. The fourth-order valence-electron chi connectivity index (χ4n) is 4.35. The number of urea groups is 1. The van der Waals surface area contributed by atoms with Gasteiger partial charge in [0.15, 0.2) is 11.0 Å². The molecular formula is C24H25N3O3S. The van der Waals surface area contributed by atoms with Crippen LogP contribution in [0.25, 0.3) is 0 Å². The van der Waals surface area contributed by atoms with Crippen molar-refractivity contribution in [3.05, 3.63) is 52.6 Å². The Kier molecular flexibility index (Phi) is 6.38. The zero-order valence-corrected chi connectivity index (χ0v) is 18.1. The topological polar surface area (TPSA) is 87.3 Å². The molecule has 3 amide bonds. The first-order valence-corrected chi connectivity index (χ1v) is 11.7. The maximum atomic E-state index is 12.7. The number of hydrogen-bond donors (Lipinski definition) is 3. The summed E-state index contributed by atoms with van der Waals surface area (Å²) < 4.78 is 15.2. The monoisotopic (exact) mass is 435 g/mol. The molecule has 0 radical (unpaired) electrons. The van der Waals surface area contributed by atoms with Crippen LogP contribution in [-0.4, -0.2) is 16.1 Å². The largest absolute Gasteiger partial charge is 0.331 e. The standard InChI is InChI=1S/C24H25N3O3S/c1-2-3-13-22(28)25-18-9-6-10-19(15-18)31(30)27-24(29)26-23-20-11-4-7-16(20)14-17-8-5-12-21(17)23/h1,6,9-10,14-15H,3-5,7-8,11-13H2,(H,25,28)(H2,26,27,29). The number of rotatable bonds is 6. The molecule has 160 valence electrons. The molecule has 6 nitrogen and oxygen atoms in total. The van der Waals surface area contributed by atoms with Crippen LogP contribution < -0.4 is 15.4 Å². The maximum Gasteiger partial charge on any atom is 0.331 e. The van der Waals surface area contributed by atoms with E-state index in [0.29, 0.717) is 17.0 Å². The van der Waals surface area contributed by atoms with Crippen LogP contribution in [0.15, 0.2) is 35.2 Å². The average molecular weight is 436 g/mol. The third-order valence-electron chi connectivity index (χ3n) is 5.73. The van der Waals surface area contributed by atoms with Crippen molar-refractivity contribution < 1.29 is 13.8 Å². The Bertz CT molecular complexity index is 1070. The highest BCUT2D eigenvalue weighted by Gasteiger charge is 2.25. The lowest BCUT2D eigenvalue weighted by Crippen LogP contribution is -2.31. The Morgan fingerprint density at radius 1 is 1.00 bits per heavy atom. The van der Waals surface area contributed by atoms with E-state index in [4.69, 9.17) is 6.42 Å². The molecule has 1 unspecified atom stereocenters. The predicted octanol–water partition coefficient (Wildman–Crippen LogP) is 3.86. The Labute approximate surface area is 184 Å². The number of carbonyl (C=O) groups is 2. The van der Waals surface area contributed by atoms with E-state index in [1.165, 1.54) is 22.3 Å². The Hall–Kier alpha value is -3.11. The van der Waals surface area contributed by atoms with Crippen LogP contribution in [0.1, 0.15) is 47.9 Å². The lowest BCUT2D eigenvalue weighted by Gasteiger charge is -2.16. The molecule has 0 bridgehead atoms. The molecular weight excluding hydrogens is 410 g/mol. The van der Waals surface area contributed by atoms with Crippen molar-refractivity contribution in [2.45, 2.75) is 56.3 Å². The fourth-order valence-corrected chi connectivity index (χ4v) is 5.12. The molecule has 0 aromatic heterocycles. The second kappa shape index (κ2) is 9.36. The number of nitrogens with one attached hydrogen (secondary N) is 3. The molecule has 1 atom stereocenters. The number of amides is 3. The number of carbonyl (C=O) groups excluding carboxylic acids is 2. The molecule has 2 aromatic carbocycles. The summed E-state index contributed by atoms with van der Waals surface area (Å²) in [7, 11) is -1.76. The zero-order chi connectivity index (χ0) is 21.8. The van der Waals surface area contributed by atoms with Crippen LogP contribution in [-0.2, 0) is 41.5 Å². The van der Waals surface area contributed by atoms with Crippen molar-refractivity contribution in [2.24, 2.45) is 0 Å². The quantitative estimate of drug-likeness (QED) is 0.602. The Morgan fingerprint density at radius 2 is 1.71 bits per heavy atom. The second-order valence-electron chi connectivity index (χ2n) is 7.84. The van der Waals surface area contributed by atoms with E-state index in [1.54, 1.807) is 24.3 Å². The minimum atomic E-state index is -1.76. The minimum Gasteiger partial charge on any atom is -0.326 e. The molecule has 0 spiro atoms. The summed E-state index contributed by atoms with van der Waals surface area (Å²) in [6.45, 7) is 0. The van der Waals surface area contributed by atoms with Crippen molar-refractivity contribution in [3.63, 3.8) is 0 Å². The van der Waals surface area contributed by atoms with Gasteiger partial charge in [0.25, 0.3) is 0 Å². The summed E-state index contributed by atoms with van der Waals surface area (Å²) >= 11 is 0. The number of benzene rings is 2. The number of fused-ring (bicyclic) bond motifs is 2. The van der Waals surface area contributed by atoms with Crippen LogP contribution in [0.3, 0.4) is 0 Å². The second-order valence-corrected chi connectivity index (χ2v) is 9.05. The first-order chi connectivity index (χ1) is 15.0. The van der Waals surface area contributed by atoms with Crippen LogP contribution in [0, 0.1) is 12.3 Å². The zero-order valence-electron chi connectivity index (χ0n) is 17.3. The van der Waals surface area contributed by atoms with Crippen molar-refractivity contribution in [1.29, 1.82) is 0 Å². The fraction of sp³-hybridized carbons (Fsp3) is 0.333. The molecule has 0 fully saturated rings. The first kappa shape index (κ1) is 21.1. The lowest BCUT2D eigenvalue weighted by molar-refractivity contribution is -0.116. The SMILES string of the molecule is C#CCCC(=O)Nc1cccc(S(=O)NC(=O)Nc2c3c(cc4c2CCC4)CCC3)c1. The van der Waals surface area contributed by atoms with E-state index in [0.717, 1.165) is 44.2 Å². The molecule has 2 aliphatic rings. The molecule has 7 heteroatoms. The van der Waals surface area contributed by atoms with Crippen LogP contribution in [0.5, 0.6) is 0 Å². The summed E-state index contributed by atoms with van der Waals surface area (Å²) in [6.07, 6.45) is 12.0. The highest BCUT2D eigenvalue weighted by molar-refractivity contribution is 7.83. The Balaban J connectivity index is 1.44. The van der Waals surface area contributed by atoms with Crippen LogP contribution in [0.4, 0.5) is 16.2 Å². The molecule has 31 heavy (non-hydrogen) atoms. The maximum absolute atomic E-state index is 12.7. The summed E-state index contributed by atoms with van der Waals surface area (Å²) in [5, 5.41) is 5.71. The van der Waals surface area contributed by atoms with Gasteiger partial charge in [0.2, 0.25) is 5.91 Å². The highest BCUT2D eigenvalue weighted by atomic mass is 32.2. The summed E-state index contributed by atoms with van der Waals surface area (Å²) in [5.74, 6) is 2.21. The third kappa shape index (κ3) is 4.80. The average Bonchev–Trinajstić information content (AvgIpc) is 3.41. The van der Waals surface area contributed by atoms with Gasteiger partial charge < -0.3 is 10.6 Å². The summed E-state index contributed by atoms with van der Waals surface area (Å²) in [4.78, 5) is 24.9. The number of aryl methyl sites for hydroxylation is 2. The van der Waals surface area contributed by atoms with Gasteiger partial charge in [-0.1, -0.05) is 12.1 Å². The first-order valence-electron chi connectivity index (χ1n) is 10.5. The van der Waals surface area contributed by atoms with Crippen LogP contribution >= 0.6 is 0 Å². The van der Waals surface area contributed by atoms with Gasteiger partial charge in [-0.25, -0.2) is 9.00 Å². The molecule has 0 saturated carbocycles. The molecule has 0 heterocycles. The van der Waals surface area contributed by atoms with E-state index < -0.39 is 17.0 Å². The van der Waals surface area contributed by atoms with Gasteiger partial charge in [-0.2, -0.15) is 0 Å². The van der Waals surface area contributed by atoms with Crippen LogP contribution in [0.2, 0.25) is 0 Å². The van der Waals surface area contributed by atoms with E-state index in [1.807, 2.05) is 0 Å². The van der Waals surface area contributed by atoms with Gasteiger partial charge in [0, 0.05) is 24.2 Å². The molecule has 2 aliphatic carbocycles. The van der Waals surface area contributed by atoms with Crippen molar-refractivity contribution in [2.75, 3.05) is 10.6 Å². The van der Waals surface area contributed by atoms with Gasteiger partial charge in [0.05, 0.1) is 4.90 Å². The van der Waals surface area contributed by atoms with Gasteiger partial charge >= 0.3 is 6.03 Å². The molecule has 0 saturated heterocycles. The van der Waals surface area contributed by atoms with E-state index in [2.05, 4.69) is 27.3 Å². The minimum absolute atomic E-state index is 0.210. The van der Waals surface area contributed by atoms with Crippen molar-refractivity contribution in [3.8, 4) is 12.3 Å². The summed E-state index contributed by atoms with van der Waals surface area (Å²) in [5.41, 5.74) is 6.51. The van der Waals surface area contributed by atoms with Gasteiger partial charge in [-0.15, -0.1) is 12.3 Å². The third-order valence-corrected chi connectivity index (χ3v) is 6.78. The molecule has 3 N–H and O–H groups in total. The predicted molar refractivity (Wildman–Crippen MR) is 122 cm³/mol. The number of hydrogen-bond acceptors (Lipinski definition) is 3. The molecule has 2 aromatic rings. The van der Waals surface area contributed by atoms with Gasteiger partial charge in [0.1, 0.15) is 0 Å². The van der Waals surface area contributed by atoms with Gasteiger partial charge in [-0.3, -0.25) is 9.52 Å². The van der Waals surface area contributed by atoms with E-state index in [9.17, 15) is 13.8 Å². The number of anilines is 2. The smallest absolute Gasteiger partial charge is 0.326 e. The number of terminal acetylenes is 1. The highest BCUT2D eigenvalue weighted by Crippen LogP contribution is 2.38. The molecule has 0 aliphatic heterocycles. The van der Waals surface area contributed by atoms with Crippen molar-refractivity contribution in [1.82, 2.24) is 4.72 Å². The van der Waals surface area contributed by atoms with Gasteiger partial charge in [-0.05, 0) is 79.0 Å². The lowest BCUT2D eigenvalue weighted by atomic mass is 9.99. The van der Waals surface area contributed by atoms with Crippen molar-refractivity contribution >= 4 is 34.3 Å².